The van der Waals surface area contributed by atoms with Crippen molar-refractivity contribution in [3.05, 3.63) is 28.2 Å². The van der Waals surface area contributed by atoms with Crippen molar-refractivity contribution < 1.29 is 9.53 Å². The number of amides is 1. The lowest BCUT2D eigenvalue weighted by molar-refractivity contribution is -0.124. The molecule has 1 N–H and O–H groups in total. The highest BCUT2D eigenvalue weighted by Crippen LogP contribution is 2.27. The lowest BCUT2D eigenvalue weighted by Crippen LogP contribution is -2.30. The second-order valence-electron chi connectivity index (χ2n) is 4.66. The highest BCUT2D eigenvalue weighted by atomic mass is 79.9. The maximum Gasteiger partial charge on any atom is 0.223 e. The van der Waals surface area contributed by atoms with E-state index >= 15 is 0 Å². The first-order valence-corrected chi connectivity index (χ1v) is 7.10. The number of nitrogens with one attached hydrogen (secondary N) is 1. The molecule has 98 valence electrons. The van der Waals surface area contributed by atoms with Crippen LogP contribution in [0.5, 0.6) is 5.75 Å². The van der Waals surface area contributed by atoms with Gasteiger partial charge in [0.05, 0.1) is 11.6 Å². The van der Waals surface area contributed by atoms with E-state index in [9.17, 15) is 4.79 Å². The molecule has 2 rings (SSSR count). The van der Waals surface area contributed by atoms with Gasteiger partial charge in [-0.25, -0.2) is 0 Å². The Morgan fingerprint density at radius 1 is 1.44 bits per heavy atom. The largest absolute Gasteiger partial charge is 0.496 e. The van der Waals surface area contributed by atoms with Gasteiger partial charge in [0.2, 0.25) is 5.91 Å². The van der Waals surface area contributed by atoms with E-state index in [-0.39, 0.29) is 11.8 Å². The summed E-state index contributed by atoms with van der Waals surface area (Å²) in [6.45, 7) is 0.821. The van der Waals surface area contributed by atoms with Crippen LogP contribution in [0.2, 0.25) is 0 Å². The van der Waals surface area contributed by atoms with Gasteiger partial charge in [0.1, 0.15) is 5.75 Å². The van der Waals surface area contributed by atoms with Crippen LogP contribution in [0, 0.1) is 5.92 Å². The minimum Gasteiger partial charge on any atom is -0.496 e. The second-order valence-corrected chi connectivity index (χ2v) is 5.51. The molecule has 1 fully saturated rings. The minimum absolute atomic E-state index is 0.104. The summed E-state index contributed by atoms with van der Waals surface area (Å²) in [6, 6.07) is 6.01. The van der Waals surface area contributed by atoms with Crippen molar-refractivity contribution in [2.45, 2.75) is 25.7 Å². The van der Waals surface area contributed by atoms with Crippen LogP contribution in [0.4, 0.5) is 0 Å². The quantitative estimate of drug-likeness (QED) is 0.932. The Labute approximate surface area is 116 Å². The van der Waals surface area contributed by atoms with E-state index in [0.717, 1.165) is 42.5 Å². The Morgan fingerprint density at radius 2 is 2.28 bits per heavy atom. The fourth-order valence-electron chi connectivity index (χ4n) is 2.32. The first-order chi connectivity index (χ1) is 8.70. The van der Waals surface area contributed by atoms with Gasteiger partial charge in [-0.2, -0.15) is 0 Å². The SMILES string of the molecule is COc1ccc(CC2CCCCNC2=O)cc1Br. The summed E-state index contributed by atoms with van der Waals surface area (Å²) in [7, 11) is 1.65. The van der Waals surface area contributed by atoms with Crippen LogP contribution in [0.15, 0.2) is 22.7 Å². The summed E-state index contributed by atoms with van der Waals surface area (Å²) in [5.74, 6) is 1.12. The van der Waals surface area contributed by atoms with Gasteiger partial charge >= 0.3 is 0 Å². The zero-order valence-corrected chi connectivity index (χ0v) is 12.1. The monoisotopic (exact) mass is 311 g/mol. The van der Waals surface area contributed by atoms with Crippen LogP contribution < -0.4 is 10.1 Å². The van der Waals surface area contributed by atoms with Crippen molar-refractivity contribution in [3.63, 3.8) is 0 Å². The van der Waals surface area contributed by atoms with E-state index in [4.69, 9.17) is 4.74 Å². The summed E-state index contributed by atoms with van der Waals surface area (Å²) in [6.07, 6.45) is 4.00. The number of carbonyl (C=O) groups is 1. The van der Waals surface area contributed by atoms with Crippen LogP contribution in [-0.4, -0.2) is 19.6 Å². The zero-order valence-electron chi connectivity index (χ0n) is 10.5. The predicted molar refractivity (Wildman–Crippen MR) is 74.7 cm³/mol. The van der Waals surface area contributed by atoms with Crippen molar-refractivity contribution in [3.8, 4) is 5.75 Å². The molecule has 1 amide bonds. The lowest BCUT2D eigenvalue weighted by atomic mass is 9.94. The van der Waals surface area contributed by atoms with Crippen LogP contribution in [0.3, 0.4) is 0 Å². The van der Waals surface area contributed by atoms with Gasteiger partial charge in [0, 0.05) is 12.5 Å². The molecule has 0 bridgehead atoms. The van der Waals surface area contributed by atoms with E-state index in [1.165, 1.54) is 5.56 Å². The molecule has 1 aromatic rings. The minimum atomic E-state index is 0.104. The highest BCUT2D eigenvalue weighted by molar-refractivity contribution is 9.10. The number of halogens is 1. The molecule has 18 heavy (non-hydrogen) atoms. The van der Waals surface area contributed by atoms with Crippen molar-refractivity contribution in [2.75, 3.05) is 13.7 Å². The van der Waals surface area contributed by atoms with Crippen molar-refractivity contribution in [1.29, 1.82) is 0 Å². The molecule has 0 aromatic heterocycles. The van der Waals surface area contributed by atoms with E-state index in [2.05, 4.69) is 21.2 Å². The molecule has 1 aliphatic rings. The first kappa shape index (κ1) is 13.4. The molecule has 1 aromatic carbocycles. The van der Waals surface area contributed by atoms with Gasteiger partial charge in [0.25, 0.3) is 0 Å². The molecule has 4 heteroatoms. The Kier molecular flexibility index (Phi) is 4.64. The average molecular weight is 312 g/mol. The number of carbonyl (C=O) groups excluding carboxylic acids is 1. The van der Waals surface area contributed by atoms with E-state index in [0.29, 0.717) is 0 Å². The number of hydrogen-bond donors (Lipinski definition) is 1. The topological polar surface area (TPSA) is 38.3 Å². The smallest absolute Gasteiger partial charge is 0.223 e. The Bertz CT molecular complexity index is 434. The summed E-state index contributed by atoms with van der Waals surface area (Å²) >= 11 is 3.48. The molecule has 0 spiro atoms. The molecular formula is C14H18BrNO2. The Morgan fingerprint density at radius 3 is 3.00 bits per heavy atom. The molecule has 1 saturated heterocycles. The van der Waals surface area contributed by atoms with Gasteiger partial charge in [-0.1, -0.05) is 12.5 Å². The molecule has 0 aliphatic carbocycles. The predicted octanol–water partition coefficient (Wildman–Crippen LogP) is 2.92. The number of hydrogen-bond acceptors (Lipinski definition) is 2. The standard InChI is InChI=1S/C14H18BrNO2/c1-18-13-6-5-10(9-12(13)15)8-11-4-2-3-7-16-14(11)17/h5-6,9,11H,2-4,7-8H2,1H3,(H,16,17). The zero-order chi connectivity index (χ0) is 13.0. The third-order valence-corrected chi connectivity index (χ3v) is 3.97. The fourth-order valence-corrected chi connectivity index (χ4v) is 2.91. The molecular weight excluding hydrogens is 294 g/mol. The Balaban J connectivity index is 2.08. The van der Waals surface area contributed by atoms with E-state index in [1.54, 1.807) is 7.11 Å². The van der Waals surface area contributed by atoms with Crippen LogP contribution in [-0.2, 0) is 11.2 Å². The third-order valence-electron chi connectivity index (χ3n) is 3.35. The van der Waals surface area contributed by atoms with Gasteiger partial charge in [-0.05, 0) is 52.9 Å². The highest BCUT2D eigenvalue weighted by Gasteiger charge is 2.21. The average Bonchev–Trinajstić information content (AvgIpc) is 2.55. The third kappa shape index (κ3) is 3.25. The first-order valence-electron chi connectivity index (χ1n) is 6.31. The molecule has 0 radical (unpaired) electrons. The van der Waals surface area contributed by atoms with E-state index in [1.807, 2.05) is 18.2 Å². The lowest BCUT2D eigenvalue weighted by Gasteiger charge is -2.14. The number of methoxy groups -OCH3 is 1. The van der Waals surface area contributed by atoms with E-state index < -0.39 is 0 Å². The number of benzene rings is 1. The fraction of sp³-hybridized carbons (Fsp3) is 0.500. The second kappa shape index (κ2) is 6.23. The molecule has 1 unspecified atom stereocenters. The molecule has 0 saturated carbocycles. The molecule has 1 atom stereocenters. The maximum atomic E-state index is 11.9. The summed E-state index contributed by atoms with van der Waals surface area (Å²) in [4.78, 5) is 11.9. The van der Waals surface area contributed by atoms with Crippen LogP contribution >= 0.6 is 15.9 Å². The molecule has 3 nitrogen and oxygen atoms in total. The molecule has 1 heterocycles. The summed E-state index contributed by atoms with van der Waals surface area (Å²) in [5, 5.41) is 2.98. The summed E-state index contributed by atoms with van der Waals surface area (Å²) in [5.41, 5.74) is 1.17. The van der Waals surface area contributed by atoms with Crippen molar-refractivity contribution >= 4 is 21.8 Å². The van der Waals surface area contributed by atoms with Crippen molar-refractivity contribution in [2.24, 2.45) is 5.92 Å². The maximum absolute atomic E-state index is 11.9. The molecule has 1 aliphatic heterocycles. The van der Waals surface area contributed by atoms with Gasteiger partial charge in [-0.3, -0.25) is 4.79 Å². The van der Waals surface area contributed by atoms with Gasteiger partial charge < -0.3 is 10.1 Å². The van der Waals surface area contributed by atoms with Gasteiger partial charge in [0.15, 0.2) is 0 Å². The number of ether oxygens (including phenoxy) is 1. The normalized spacial score (nSPS) is 20.1. The number of rotatable bonds is 3. The summed E-state index contributed by atoms with van der Waals surface area (Å²) < 4.78 is 6.15. The Hall–Kier alpha value is -1.03. The van der Waals surface area contributed by atoms with Crippen LogP contribution in [0.1, 0.15) is 24.8 Å². The van der Waals surface area contributed by atoms with Crippen LogP contribution in [0.25, 0.3) is 0 Å². The van der Waals surface area contributed by atoms with Gasteiger partial charge in [-0.15, -0.1) is 0 Å². The van der Waals surface area contributed by atoms with Crippen molar-refractivity contribution in [1.82, 2.24) is 5.32 Å².